The minimum atomic E-state index is -0.500. The molecule has 0 bridgehead atoms. The fourth-order valence-corrected chi connectivity index (χ4v) is 2.86. The fourth-order valence-electron chi connectivity index (χ4n) is 2.86. The normalized spacial score (nSPS) is 10.6. The highest BCUT2D eigenvalue weighted by Crippen LogP contribution is 2.17. The second kappa shape index (κ2) is 8.48. The van der Waals surface area contributed by atoms with Crippen molar-refractivity contribution in [1.29, 1.82) is 0 Å². The molecule has 7 heteroatoms. The molecule has 1 aromatic heterocycles. The summed E-state index contributed by atoms with van der Waals surface area (Å²) in [5.74, 6) is -0.821. The van der Waals surface area contributed by atoms with Gasteiger partial charge in [0.1, 0.15) is 24.2 Å². The van der Waals surface area contributed by atoms with Gasteiger partial charge < -0.3 is 4.74 Å². The largest absolute Gasteiger partial charge is 0.423 e. The molecule has 0 N–H and O–H groups in total. The first kappa shape index (κ1) is 19.2. The number of rotatable bonds is 6. The second-order valence-corrected chi connectivity index (χ2v) is 6.54. The predicted octanol–water partition coefficient (Wildman–Crippen LogP) is 3.92. The van der Waals surface area contributed by atoms with E-state index in [9.17, 15) is 14.0 Å². The number of carbonyl (C=O) groups is 2. The van der Waals surface area contributed by atoms with E-state index in [0.717, 1.165) is 5.56 Å². The maximum Gasteiger partial charge on any atom is 0.343 e. The van der Waals surface area contributed by atoms with Crippen LogP contribution in [0.4, 0.5) is 4.39 Å². The first-order valence-electron chi connectivity index (χ1n) is 9.12. The molecule has 0 aliphatic carbocycles. The van der Waals surface area contributed by atoms with Crippen molar-refractivity contribution in [3.8, 4) is 5.75 Å². The van der Waals surface area contributed by atoms with E-state index in [4.69, 9.17) is 4.74 Å². The lowest BCUT2D eigenvalue weighted by Gasteiger charge is -2.07. The Morgan fingerprint density at radius 1 is 0.833 bits per heavy atom. The second-order valence-electron chi connectivity index (χ2n) is 6.54. The minimum Gasteiger partial charge on any atom is -0.423 e. The Labute approximate surface area is 171 Å². The molecule has 0 amide bonds. The van der Waals surface area contributed by atoms with E-state index in [-0.39, 0.29) is 5.78 Å². The van der Waals surface area contributed by atoms with E-state index in [0.29, 0.717) is 29.0 Å². The molecule has 4 aromatic rings. The molecule has 0 aliphatic heterocycles. The Bertz CT molecular complexity index is 1150. The Morgan fingerprint density at radius 3 is 2.03 bits per heavy atom. The quantitative estimate of drug-likeness (QED) is 0.278. The van der Waals surface area contributed by atoms with Crippen LogP contribution in [0.2, 0.25) is 0 Å². The van der Waals surface area contributed by atoms with Gasteiger partial charge in [0, 0.05) is 11.1 Å². The average Bonchev–Trinajstić information content (AvgIpc) is 3.28. The number of aromatic nitrogens is 3. The summed E-state index contributed by atoms with van der Waals surface area (Å²) in [6.07, 6.45) is 3.08. The van der Waals surface area contributed by atoms with Crippen LogP contribution in [0.25, 0.3) is 0 Å². The maximum absolute atomic E-state index is 13.0. The number of halogens is 1. The zero-order chi connectivity index (χ0) is 20.9. The summed E-state index contributed by atoms with van der Waals surface area (Å²) in [5.41, 5.74) is 2.18. The lowest BCUT2D eigenvalue weighted by molar-refractivity contribution is 0.0734. The fraction of sp³-hybridized carbons (Fsp3) is 0.0435. The number of carbonyl (C=O) groups excluding carboxylic acids is 2. The topological polar surface area (TPSA) is 74.1 Å². The highest BCUT2D eigenvalue weighted by Gasteiger charge is 2.12. The zero-order valence-electron chi connectivity index (χ0n) is 15.7. The molecule has 0 atom stereocenters. The van der Waals surface area contributed by atoms with E-state index in [1.54, 1.807) is 47.4 Å². The van der Waals surface area contributed by atoms with Crippen molar-refractivity contribution >= 4 is 11.8 Å². The molecule has 3 aromatic carbocycles. The molecule has 0 saturated heterocycles. The van der Waals surface area contributed by atoms with Crippen LogP contribution in [0.15, 0.2) is 85.5 Å². The van der Waals surface area contributed by atoms with Gasteiger partial charge in [-0.15, -0.1) is 0 Å². The number of ether oxygens (including phenoxy) is 1. The molecule has 1 heterocycles. The standard InChI is InChI=1S/C23H16FN3O3/c24-20-9-5-17(6-10-20)22(28)18-7-11-21(12-8-18)30-23(29)19-3-1-16(2-4-19)13-27-15-25-14-26-27/h1-12,14-15H,13H2. The van der Waals surface area contributed by atoms with Crippen LogP contribution >= 0.6 is 0 Å². The summed E-state index contributed by atoms with van der Waals surface area (Å²) >= 11 is 0. The Balaban J connectivity index is 1.39. The molecule has 0 aliphatic rings. The van der Waals surface area contributed by atoms with Crippen molar-refractivity contribution in [1.82, 2.24) is 14.8 Å². The van der Waals surface area contributed by atoms with E-state index in [1.165, 1.54) is 30.6 Å². The molecule has 0 saturated carbocycles. The van der Waals surface area contributed by atoms with E-state index in [1.807, 2.05) is 12.1 Å². The molecule has 0 fully saturated rings. The van der Waals surface area contributed by atoms with E-state index in [2.05, 4.69) is 10.1 Å². The van der Waals surface area contributed by atoms with Crippen molar-refractivity contribution in [2.45, 2.75) is 6.54 Å². The molecule has 30 heavy (non-hydrogen) atoms. The third-order valence-corrected chi connectivity index (χ3v) is 4.43. The number of benzene rings is 3. The van der Waals surface area contributed by atoms with Crippen molar-refractivity contribution in [3.05, 3.63) is 114 Å². The van der Waals surface area contributed by atoms with Gasteiger partial charge >= 0.3 is 5.97 Å². The van der Waals surface area contributed by atoms with Gasteiger partial charge in [0.15, 0.2) is 5.78 Å². The number of nitrogens with zero attached hydrogens (tertiary/aromatic N) is 3. The van der Waals surface area contributed by atoms with Crippen molar-refractivity contribution in [2.24, 2.45) is 0 Å². The zero-order valence-corrected chi connectivity index (χ0v) is 15.7. The molecule has 4 rings (SSSR count). The highest BCUT2D eigenvalue weighted by atomic mass is 19.1. The Morgan fingerprint density at radius 2 is 1.43 bits per heavy atom. The van der Waals surface area contributed by atoms with Gasteiger partial charge in [-0.1, -0.05) is 12.1 Å². The molecular weight excluding hydrogens is 385 g/mol. The van der Waals surface area contributed by atoms with Gasteiger partial charge in [-0.2, -0.15) is 5.10 Å². The van der Waals surface area contributed by atoms with Crippen molar-refractivity contribution in [2.75, 3.05) is 0 Å². The van der Waals surface area contributed by atoms with Gasteiger partial charge in [0.25, 0.3) is 0 Å². The van der Waals surface area contributed by atoms with Crippen LogP contribution in [0, 0.1) is 5.82 Å². The van der Waals surface area contributed by atoms with Crippen LogP contribution in [-0.2, 0) is 6.54 Å². The minimum absolute atomic E-state index is 0.240. The van der Waals surface area contributed by atoms with Gasteiger partial charge in [-0.3, -0.25) is 4.79 Å². The molecule has 6 nitrogen and oxygen atoms in total. The van der Waals surface area contributed by atoms with Crippen LogP contribution in [0.1, 0.15) is 31.8 Å². The van der Waals surface area contributed by atoms with Gasteiger partial charge in [-0.25, -0.2) is 18.9 Å². The number of esters is 1. The van der Waals surface area contributed by atoms with Crippen molar-refractivity contribution < 1.29 is 18.7 Å². The summed E-state index contributed by atoms with van der Waals surface area (Å²) in [6, 6.07) is 18.6. The SMILES string of the molecule is O=C(Oc1ccc(C(=O)c2ccc(F)cc2)cc1)c1ccc(Cn2cncn2)cc1. The van der Waals surface area contributed by atoms with E-state index < -0.39 is 11.8 Å². The smallest absolute Gasteiger partial charge is 0.343 e. The Hall–Kier alpha value is -4.13. The van der Waals surface area contributed by atoms with Crippen LogP contribution < -0.4 is 4.74 Å². The summed E-state index contributed by atoms with van der Waals surface area (Å²) < 4.78 is 20.1. The van der Waals surface area contributed by atoms with Crippen LogP contribution in [-0.4, -0.2) is 26.5 Å². The summed E-state index contributed by atoms with van der Waals surface area (Å²) in [5, 5.41) is 4.04. The molecule has 148 valence electrons. The predicted molar refractivity (Wildman–Crippen MR) is 107 cm³/mol. The molecule has 0 spiro atoms. The van der Waals surface area contributed by atoms with Crippen LogP contribution in [0.5, 0.6) is 5.75 Å². The number of hydrogen-bond donors (Lipinski definition) is 0. The lowest BCUT2D eigenvalue weighted by Crippen LogP contribution is -2.09. The van der Waals surface area contributed by atoms with Gasteiger partial charge in [-0.05, 0) is 66.2 Å². The molecule has 0 unspecified atom stereocenters. The lowest BCUT2D eigenvalue weighted by atomic mass is 10.0. The summed E-state index contributed by atoms with van der Waals surface area (Å²) in [7, 11) is 0. The molecule has 0 radical (unpaired) electrons. The van der Waals surface area contributed by atoms with E-state index >= 15 is 0 Å². The highest BCUT2D eigenvalue weighted by molar-refractivity contribution is 6.09. The van der Waals surface area contributed by atoms with Crippen molar-refractivity contribution in [3.63, 3.8) is 0 Å². The molecular formula is C23H16FN3O3. The first-order valence-corrected chi connectivity index (χ1v) is 9.12. The number of ketones is 1. The Kier molecular flexibility index (Phi) is 5.43. The summed E-state index contributed by atoms with van der Waals surface area (Å²) in [6.45, 7) is 0.554. The maximum atomic E-state index is 13.0. The summed E-state index contributed by atoms with van der Waals surface area (Å²) in [4.78, 5) is 28.7. The third-order valence-electron chi connectivity index (χ3n) is 4.43. The van der Waals surface area contributed by atoms with Crippen LogP contribution in [0.3, 0.4) is 0 Å². The number of hydrogen-bond acceptors (Lipinski definition) is 5. The van der Waals surface area contributed by atoms with Gasteiger partial charge in [0.05, 0.1) is 12.1 Å². The average molecular weight is 401 g/mol. The third kappa shape index (κ3) is 4.47. The van der Waals surface area contributed by atoms with Gasteiger partial charge in [0.2, 0.25) is 0 Å². The monoisotopic (exact) mass is 401 g/mol. The first-order chi connectivity index (χ1) is 14.6.